The summed E-state index contributed by atoms with van der Waals surface area (Å²) in [5.41, 5.74) is 8.07. The first-order valence-corrected chi connectivity index (χ1v) is 10.6. The number of unbranched alkanes of at least 4 members (excludes halogenated alkanes) is 4. The Hall–Kier alpha value is -2.92. The Kier molecular flexibility index (Phi) is 5.76. The molecule has 0 aliphatic heterocycles. The van der Waals surface area contributed by atoms with Crippen molar-refractivity contribution in [2.75, 3.05) is 0 Å². The maximum absolute atomic E-state index is 14.9. The van der Waals surface area contributed by atoms with Gasteiger partial charge in [0.15, 0.2) is 0 Å². The topological polar surface area (TPSA) is 23.8 Å². The first-order chi connectivity index (χ1) is 14.2. The minimum atomic E-state index is -0.207. The molecule has 0 N–H and O–H groups in total. The smallest absolute Gasteiger partial charge is 0.131 e. The zero-order valence-corrected chi connectivity index (χ0v) is 17.0. The molecule has 3 aromatic rings. The van der Waals surface area contributed by atoms with E-state index >= 15 is 0 Å². The number of rotatable bonds is 7. The normalized spacial score (nSPS) is 11.8. The van der Waals surface area contributed by atoms with Gasteiger partial charge < -0.3 is 0 Å². The second-order valence-electron chi connectivity index (χ2n) is 8.01. The van der Waals surface area contributed by atoms with Crippen molar-refractivity contribution in [2.24, 2.45) is 0 Å². The van der Waals surface area contributed by atoms with Crippen LogP contribution in [0.1, 0.15) is 61.3 Å². The van der Waals surface area contributed by atoms with E-state index in [2.05, 4.69) is 31.2 Å². The summed E-state index contributed by atoms with van der Waals surface area (Å²) in [7, 11) is 0. The number of halogens is 1. The number of hydrogen-bond donors (Lipinski definition) is 0. The third-order valence-electron chi connectivity index (χ3n) is 5.93. The zero-order chi connectivity index (χ0) is 20.2. The van der Waals surface area contributed by atoms with E-state index in [0.717, 1.165) is 24.0 Å². The third kappa shape index (κ3) is 4.10. The second-order valence-corrected chi connectivity index (χ2v) is 8.01. The number of aryl methyl sites for hydroxylation is 1. The van der Waals surface area contributed by atoms with Crippen molar-refractivity contribution in [1.29, 1.82) is 5.26 Å². The molecule has 0 atom stereocenters. The van der Waals surface area contributed by atoms with Crippen molar-refractivity contribution < 1.29 is 4.39 Å². The van der Waals surface area contributed by atoms with Crippen molar-refractivity contribution in [3.05, 3.63) is 82.7 Å². The van der Waals surface area contributed by atoms with Gasteiger partial charge in [0.05, 0.1) is 11.6 Å². The molecule has 0 radical (unpaired) electrons. The van der Waals surface area contributed by atoms with Crippen LogP contribution in [-0.2, 0) is 12.8 Å². The van der Waals surface area contributed by atoms with Gasteiger partial charge in [-0.2, -0.15) is 5.26 Å². The molecule has 1 aliphatic rings. The summed E-state index contributed by atoms with van der Waals surface area (Å²) in [6, 6.07) is 19.6. The molecule has 146 valence electrons. The lowest BCUT2D eigenvalue weighted by molar-refractivity contribution is 0.631. The minimum absolute atomic E-state index is 0.207. The van der Waals surface area contributed by atoms with Gasteiger partial charge in [0.1, 0.15) is 5.82 Å². The van der Waals surface area contributed by atoms with E-state index in [9.17, 15) is 4.39 Å². The fourth-order valence-electron chi connectivity index (χ4n) is 4.31. The van der Waals surface area contributed by atoms with Gasteiger partial charge in [0.25, 0.3) is 0 Å². The van der Waals surface area contributed by atoms with Crippen LogP contribution < -0.4 is 0 Å². The number of nitrogens with zero attached hydrogens (tertiary/aromatic N) is 1. The monoisotopic (exact) mass is 383 g/mol. The molecular weight excluding hydrogens is 357 g/mol. The van der Waals surface area contributed by atoms with Crippen LogP contribution in [-0.4, -0.2) is 0 Å². The molecule has 0 amide bonds. The Morgan fingerprint density at radius 3 is 2.34 bits per heavy atom. The van der Waals surface area contributed by atoms with E-state index < -0.39 is 0 Å². The zero-order valence-electron chi connectivity index (χ0n) is 17.0. The summed E-state index contributed by atoms with van der Waals surface area (Å²) >= 11 is 0. The molecule has 0 saturated carbocycles. The van der Waals surface area contributed by atoms with Crippen LogP contribution >= 0.6 is 0 Å². The van der Waals surface area contributed by atoms with E-state index in [1.807, 2.05) is 18.2 Å². The molecule has 1 aliphatic carbocycles. The highest BCUT2D eigenvalue weighted by Crippen LogP contribution is 2.40. The van der Waals surface area contributed by atoms with Crippen molar-refractivity contribution in [3.8, 4) is 28.3 Å². The van der Waals surface area contributed by atoms with Gasteiger partial charge in [0, 0.05) is 5.56 Å². The second kappa shape index (κ2) is 8.62. The van der Waals surface area contributed by atoms with Crippen LogP contribution in [0.3, 0.4) is 0 Å². The SMILES string of the molecule is CCCCCCCc1ccc2c(c1)Cc1cc(-c3ccc(C#N)cc3)c(F)cc1-2. The predicted molar refractivity (Wildman–Crippen MR) is 117 cm³/mol. The summed E-state index contributed by atoms with van der Waals surface area (Å²) in [4.78, 5) is 0. The first-order valence-electron chi connectivity index (χ1n) is 10.6. The summed E-state index contributed by atoms with van der Waals surface area (Å²) in [6.07, 6.45) is 8.44. The standard InChI is InChI=1S/C27H26FN/c1-2-3-4-5-6-7-19-10-13-24-22(14-19)15-23-16-26(27(28)17-25(23)24)21-11-8-20(18-29)9-12-21/h8-14,16-17H,2-7,15H2,1H3. The van der Waals surface area contributed by atoms with E-state index in [-0.39, 0.29) is 5.82 Å². The van der Waals surface area contributed by atoms with Crippen molar-refractivity contribution in [3.63, 3.8) is 0 Å². The van der Waals surface area contributed by atoms with Crippen LogP contribution in [0.4, 0.5) is 4.39 Å². The molecule has 0 unspecified atom stereocenters. The number of nitriles is 1. The lowest BCUT2D eigenvalue weighted by atomic mass is 9.97. The van der Waals surface area contributed by atoms with Gasteiger partial charge in [-0.15, -0.1) is 0 Å². The van der Waals surface area contributed by atoms with Crippen LogP contribution in [0.15, 0.2) is 54.6 Å². The third-order valence-corrected chi connectivity index (χ3v) is 5.93. The van der Waals surface area contributed by atoms with Gasteiger partial charge in [-0.05, 0) is 76.9 Å². The highest BCUT2D eigenvalue weighted by molar-refractivity contribution is 5.81. The lowest BCUT2D eigenvalue weighted by Gasteiger charge is -2.08. The largest absolute Gasteiger partial charge is 0.206 e. The van der Waals surface area contributed by atoms with Crippen molar-refractivity contribution >= 4 is 0 Å². The van der Waals surface area contributed by atoms with E-state index in [1.165, 1.54) is 54.4 Å². The quantitative estimate of drug-likeness (QED) is 0.304. The number of benzene rings is 3. The molecule has 0 fully saturated rings. The highest BCUT2D eigenvalue weighted by atomic mass is 19.1. The number of fused-ring (bicyclic) bond motifs is 3. The lowest BCUT2D eigenvalue weighted by Crippen LogP contribution is -1.89. The first kappa shape index (κ1) is 19.4. The maximum Gasteiger partial charge on any atom is 0.131 e. The molecule has 4 rings (SSSR count). The van der Waals surface area contributed by atoms with Crippen LogP contribution in [0.25, 0.3) is 22.3 Å². The molecule has 3 aromatic carbocycles. The van der Waals surface area contributed by atoms with Gasteiger partial charge in [-0.1, -0.05) is 62.9 Å². The fourth-order valence-corrected chi connectivity index (χ4v) is 4.31. The molecule has 1 nitrogen and oxygen atoms in total. The Morgan fingerprint density at radius 1 is 0.828 bits per heavy atom. The molecule has 0 heterocycles. The molecule has 0 bridgehead atoms. The Morgan fingerprint density at radius 2 is 1.59 bits per heavy atom. The molecule has 0 saturated heterocycles. The van der Waals surface area contributed by atoms with Gasteiger partial charge in [-0.25, -0.2) is 4.39 Å². The predicted octanol–water partition coefficient (Wildman–Crippen LogP) is 7.45. The summed E-state index contributed by atoms with van der Waals surface area (Å²) in [5.74, 6) is -0.207. The van der Waals surface area contributed by atoms with Crippen LogP contribution in [0.2, 0.25) is 0 Å². The molecule has 0 spiro atoms. The number of hydrogen-bond acceptors (Lipinski definition) is 1. The van der Waals surface area contributed by atoms with Gasteiger partial charge in [-0.3, -0.25) is 0 Å². The Labute approximate surface area is 172 Å². The van der Waals surface area contributed by atoms with Crippen LogP contribution in [0, 0.1) is 17.1 Å². The molecule has 0 aromatic heterocycles. The molecular formula is C27H26FN. The average Bonchev–Trinajstić information content (AvgIpc) is 3.09. The minimum Gasteiger partial charge on any atom is -0.206 e. The van der Waals surface area contributed by atoms with Crippen LogP contribution in [0.5, 0.6) is 0 Å². The summed E-state index contributed by atoms with van der Waals surface area (Å²) < 4.78 is 14.9. The maximum atomic E-state index is 14.9. The molecule has 2 heteroatoms. The van der Waals surface area contributed by atoms with E-state index in [4.69, 9.17) is 5.26 Å². The van der Waals surface area contributed by atoms with Crippen molar-refractivity contribution in [1.82, 2.24) is 0 Å². The van der Waals surface area contributed by atoms with E-state index in [1.54, 1.807) is 18.2 Å². The Bertz CT molecular complexity index is 1060. The molecule has 29 heavy (non-hydrogen) atoms. The summed E-state index contributed by atoms with van der Waals surface area (Å²) in [6.45, 7) is 2.24. The van der Waals surface area contributed by atoms with Gasteiger partial charge >= 0.3 is 0 Å². The van der Waals surface area contributed by atoms with Gasteiger partial charge in [0.2, 0.25) is 0 Å². The van der Waals surface area contributed by atoms with E-state index in [0.29, 0.717) is 11.1 Å². The highest BCUT2D eigenvalue weighted by Gasteiger charge is 2.21. The summed E-state index contributed by atoms with van der Waals surface area (Å²) in [5, 5.41) is 8.97. The fraction of sp³-hybridized carbons (Fsp3) is 0.296. The Balaban J connectivity index is 1.54. The average molecular weight is 384 g/mol. The van der Waals surface area contributed by atoms with Crippen molar-refractivity contribution in [2.45, 2.75) is 51.9 Å².